The summed E-state index contributed by atoms with van der Waals surface area (Å²) in [5.41, 5.74) is 13.1. The molecule has 6 nitrogen and oxygen atoms in total. The number of hydrogen-bond acceptors (Lipinski definition) is 5. The molecule has 4 rings (SSSR count). The first-order valence-corrected chi connectivity index (χ1v) is 10.3. The fourth-order valence-corrected chi connectivity index (χ4v) is 4.92. The average molecular weight is 402 g/mol. The Morgan fingerprint density at radius 2 is 2.00 bits per heavy atom. The Kier molecular flexibility index (Phi) is 5.43. The van der Waals surface area contributed by atoms with E-state index in [4.69, 9.17) is 0 Å². The van der Waals surface area contributed by atoms with Gasteiger partial charge in [0.25, 0.3) is 5.91 Å². The second-order valence-electron chi connectivity index (χ2n) is 7.51. The van der Waals surface area contributed by atoms with Crippen LogP contribution in [0.15, 0.2) is 30.3 Å². The predicted molar refractivity (Wildman–Crippen MR) is 105 cm³/mol. The number of fused-ring (bicyclic) bond motifs is 1. The van der Waals surface area contributed by atoms with E-state index in [-0.39, 0.29) is 23.7 Å². The molecule has 0 bridgehead atoms. The lowest BCUT2D eigenvalue weighted by molar-refractivity contribution is -0.125. The van der Waals surface area contributed by atoms with Gasteiger partial charge in [-0.15, -0.1) is 11.3 Å². The molecule has 1 aliphatic carbocycles. The molecule has 1 saturated heterocycles. The fraction of sp³-hybridized carbons (Fsp3) is 0.400. The van der Waals surface area contributed by atoms with Crippen LogP contribution < -0.4 is 21.7 Å². The first-order valence-electron chi connectivity index (χ1n) is 9.47. The summed E-state index contributed by atoms with van der Waals surface area (Å²) in [4.78, 5) is 27.0. The molecule has 1 aromatic heterocycles. The lowest BCUT2D eigenvalue weighted by Crippen LogP contribution is -2.46. The van der Waals surface area contributed by atoms with E-state index in [1.54, 1.807) is 12.1 Å². The highest BCUT2D eigenvalue weighted by Crippen LogP contribution is 2.32. The van der Waals surface area contributed by atoms with Crippen molar-refractivity contribution in [2.24, 2.45) is 11.8 Å². The zero-order chi connectivity index (χ0) is 19.7. The molecule has 148 valence electrons. The van der Waals surface area contributed by atoms with Gasteiger partial charge in [-0.05, 0) is 54.5 Å². The lowest BCUT2D eigenvalue weighted by Gasteiger charge is -2.18. The molecule has 2 aliphatic rings. The monoisotopic (exact) mass is 402 g/mol. The Morgan fingerprint density at radius 3 is 2.79 bits per heavy atom. The summed E-state index contributed by atoms with van der Waals surface area (Å²) in [6, 6.07) is 7.67. The smallest absolute Gasteiger partial charge is 0.273 e. The minimum absolute atomic E-state index is 0.294. The number of hydrazine groups is 2. The van der Waals surface area contributed by atoms with Gasteiger partial charge in [0, 0.05) is 11.4 Å². The number of thiophene rings is 1. The molecule has 8 heteroatoms. The van der Waals surface area contributed by atoms with Gasteiger partial charge in [-0.2, -0.15) is 0 Å². The van der Waals surface area contributed by atoms with Gasteiger partial charge in [0.1, 0.15) is 5.82 Å². The number of rotatable bonds is 3. The summed E-state index contributed by atoms with van der Waals surface area (Å²) in [5, 5.41) is 0. The Morgan fingerprint density at radius 1 is 1.21 bits per heavy atom. The molecule has 1 aliphatic heterocycles. The van der Waals surface area contributed by atoms with Crippen molar-refractivity contribution in [2.45, 2.75) is 32.2 Å². The van der Waals surface area contributed by atoms with Crippen molar-refractivity contribution in [2.75, 3.05) is 6.54 Å². The Balaban J connectivity index is 1.37. The van der Waals surface area contributed by atoms with Gasteiger partial charge in [-0.3, -0.25) is 25.9 Å². The van der Waals surface area contributed by atoms with Gasteiger partial charge < -0.3 is 0 Å². The van der Waals surface area contributed by atoms with Crippen LogP contribution in [0.2, 0.25) is 0 Å². The zero-order valence-corrected chi connectivity index (χ0v) is 16.4. The summed E-state index contributed by atoms with van der Waals surface area (Å²) in [7, 11) is 0. The maximum absolute atomic E-state index is 13.1. The van der Waals surface area contributed by atoms with Gasteiger partial charge in [-0.1, -0.05) is 19.1 Å². The second-order valence-corrected chi connectivity index (χ2v) is 8.65. The van der Waals surface area contributed by atoms with Crippen LogP contribution in [0.1, 0.15) is 45.1 Å². The van der Waals surface area contributed by atoms with Crippen molar-refractivity contribution >= 4 is 23.2 Å². The number of carbonyl (C=O) groups excluding carboxylic acids is 2. The van der Waals surface area contributed by atoms with Crippen molar-refractivity contribution < 1.29 is 14.0 Å². The molecular formula is C20H23FN4O2S. The van der Waals surface area contributed by atoms with E-state index in [9.17, 15) is 14.0 Å². The van der Waals surface area contributed by atoms with Gasteiger partial charge in [-0.25, -0.2) is 9.82 Å². The molecule has 2 heterocycles. The number of nitrogens with one attached hydrogen (secondary N) is 4. The van der Waals surface area contributed by atoms with Crippen molar-refractivity contribution in [1.29, 1.82) is 0 Å². The highest BCUT2D eigenvalue weighted by atomic mass is 32.1. The van der Waals surface area contributed by atoms with Crippen LogP contribution in [-0.4, -0.2) is 18.4 Å². The van der Waals surface area contributed by atoms with E-state index in [0.717, 1.165) is 24.8 Å². The van der Waals surface area contributed by atoms with Crippen molar-refractivity contribution in [3.8, 4) is 0 Å². The predicted octanol–water partition coefficient (Wildman–Crippen LogP) is 2.24. The largest absolute Gasteiger partial charge is 0.279 e. The third-order valence-electron chi connectivity index (χ3n) is 5.40. The maximum atomic E-state index is 13.1. The number of amides is 2. The van der Waals surface area contributed by atoms with Gasteiger partial charge in [0.2, 0.25) is 5.91 Å². The lowest BCUT2D eigenvalue weighted by atomic mass is 9.90. The molecule has 3 atom stereocenters. The van der Waals surface area contributed by atoms with Crippen molar-refractivity contribution in [1.82, 2.24) is 21.7 Å². The van der Waals surface area contributed by atoms with Crippen molar-refractivity contribution in [3.05, 3.63) is 57.0 Å². The zero-order valence-electron chi connectivity index (χ0n) is 15.5. The Bertz CT molecular complexity index is 883. The summed E-state index contributed by atoms with van der Waals surface area (Å²) < 4.78 is 13.1. The van der Waals surface area contributed by atoms with Gasteiger partial charge >= 0.3 is 0 Å². The standard InChI is InChI=1S/C20H23FN4O2S/c1-11-2-7-16-13(8-11)9-17(28-16)20(27)25-24-19(26)15-10-22-23-18(15)12-3-5-14(21)6-4-12/h3-6,9,11,15,18,22-23H,2,7-8,10H2,1H3,(H,24,26)(H,25,27). The van der Waals surface area contributed by atoms with E-state index >= 15 is 0 Å². The summed E-state index contributed by atoms with van der Waals surface area (Å²) in [6.45, 7) is 2.64. The molecule has 1 aromatic carbocycles. The van der Waals surface area contributed by atoms with Gasteiger partial charge in [0.15, 0.2) is 0 Å². The fourth-order valence-electron chi connectivity index (χ4n) is 3.82. The Labute approximate surface area is 166 Å². The molecule has 2 amide bonds. The topological polar surface area (TPSA) is 82.3 Å². The quantitative estimate of drug-likeness (QED) is 0.594. The average Bonchev–Trinajstić information content (AvgIpc) is 3.33. The summed E-state index contributed by atoms with van der Waals surface area (Å²) in [5.74, 6) is -0.699. The van der Waals surface area contributed by atoms with E-state index < -0.39 is 5.92 Å². The van der Waals surface area contributed by atoms with E-state index in [1.807, 2.05) is 6.07 Å². The molecule has 4 N–H and O–H groups in total. The number of hydrogen-bond donors (Lipinski definition) is 4. The first kappa shape index (κ1) is 19.0. The minimum atomic E-state index is -0.428. The summed E-state index contributed by atoms with van der Waals surface area (Å²) in [6.07, 6.45) is 3.17. The number of halogens is 1. The van der Waals surface area contributed by atoms with Crippen LogP contribution >= 0.6 is 11.3 Å². The minimum Gasteiger partial charge on any atom is -0.273 e. The molecular weight excluding hydrogens is 379 g/mol. The van der Waals surface area contributed by atoms with Gasteiger partial charge in [0.05, 0.1) is 16.8 Å². The van der Waals surface area contributed by atoms with Crippen LogP contribution in [0.3, 0.4) is 0 Å². The number of aryl methyl sites for hydroxylation is 1. The molecule has 1 fully saturated rings. The SMILES string of the molecule is CC1CCc2sc(C(=O)NNC(=O)C3CNNC3c3ccc(F)cc3)cc2C1. The number of carbonyl (C=O) groups is 2. The van der Waals surface area contributed by atoms with Crippen LogP contribution in [0, 0.1) is 17.7 Å². The normalized spacial score (nSPS) is 23.9. The molecule has 2 aromatic rings. The van der Waals surface area contributed by atoms with Crippen molar-refractivity contribution in [3.63, 3.8) is 0 Å². The van der Waals surface area contributed by atoms with E-state index in [1.165, 1.54) is 33.9 Å². The number of benzene rings is 1. The molecule has 0 spiro atoms. The molecule has 0 saturated carbocycles. The second kappa shape index (κ2) is 7.98. The first-order chi connectivity index (χ1) is 13.5. The molecule has 28 heavy (non-hydrogen) atoms. The van der Waals surface area contributed by atoms with Crippen LogP contribution in [0.5, 0.6) is 0 Å². The van der Waals surface area contributed by atoms with Crippen LogP contribution in [0.25, 0.3) is 0 Å². The highest BCUT2D eigenvalue weighted by molar-refractivity contribution is 7.14. The van der Waals surface area contributed by atoms with E-state index in [0.29, 0.717) is 17.3 Å². The van der Waals surface area contributed by atoms with Crippen LogP contribution in [-0.2, 0) is 17.6 Å². The molecule has 0 radical (unpaired) electrons. The molecule has 3 unspecified atom stereocenters. The maximum Gasteiger partial charge on any atom is 0.279 e. The Hall–Kier alpha value is -2.29. The third-order valence-corrected chi connectivity index (χ3v) is 6.64. The summed E-state index contributed by atoms with van der Waals surface area (Å²) >= 11 is 1.50. The third kappa shape index (κ3) is 3.94. The highest BCUT2D eigenvalue weighted by Gasteiger charge is 2.34. The van der Waals surface area contributed by atoms with E-state index in [2.05, 4.69) is 28.6 Å². The van der Waals surface area contributed by atoms with Crippen LogP contribution in [0.4, 0.5) is 4.39 Å².